The lowest BCUT2D eigenvalue weighted by Crippen LogP contribution is -2.36. The molecule has 0 spiro atoms. The molecule has 3 aromatic rings. The molecule has 0 bridgehead atoms. The molecule has 0 atom stereocenters. The van der Waals surface area contributed by atoms with Crippen LogP contribution in [0.4, 0.5) is 5.69 Å². The van der Waals surface area contributed by atoms with Gasteiger partial charge in [-0.3, -0.25) is 14.4 Å². The summed E-state index contributed by atoms with van der Waals surface area (Å²) in [5, 5.41) is 8.03. The summed E-state index contributed by atoms with van der Waals surface area (Å²) in [4.78, 5) is 37.0. The number of carbonyl (C=O) groups is 3. The van der Waals surface area contributed by atoms with Crippen molar-refractivity contribution in [1.29, 1.82) is 0 Å². The molecule has 3 aromatic carbocycles. The Balaban J connectivity index is 1.46. The van der Waals surface area contributed by atoms with Crippen molar-refractivity contribution < 1.29 is 14.4 Å². The Morgan fingerprint density at radius 1 is 0.594 bits per heavy atom. The minimum absolute atomic E-state index is 0.300. The summed E-state index contributed by atoms with van der Waals surface area (Å²) in [6, 6.07) is 26.4. The van der Waals surface area contributed by atoms with E-state index in [4.69, 9.17) is 0 Å². The average Bonchev–Trinajstić information content (AvgIpc) is 2.83. The van der Waals surface area contributed by atoms with Gasteiger partial charge in [-0.15, -0.1) is 0 Å². The third-order valence-corrected chi connectivity index (χ3v) is 4.94. The Hall–Kier alpha value is -3.93. The maximum Gasteiger partial charge on any atom is 0.313 e. The quantitative estimate of drug-likeness (QED) is 0.360. The molecule has 0 fully saturated rings. The second kappa shape index (κ2) is 12.1. The van der Waals surface area contributed by atoms with Crippen LogP contribution < -0.4 is 16.0 Å². The van der Waals surface area contributed by atoms with Crippen LogP contribution in [0.3, 0.4) is 0 Å². The number of amides is 3. The highest BCUT2D eigenvalue weighted by molar-refractivity contribution is 6.40. The average molecular weight is 430 g/mol. The number of aryl methyl sites for hydroxylation is 1. The van der Waals surface area contributed by atoms with Gasteiger partial charge in [0.05, 0.1) is 11.3 Å². The van der Waals surface area contributed by atoms with Crippen molar-refractivity contribution in [1.82, 2.24) is 10.6 Å². The summed E-state index contributed by atoms with van der Waals surface area (Å²) in [6.07, 6.45) is 2.24. The third kappa shape index (κ3) is 7.09. The molecule has 3 N–H and O–H groups in total. The first kappa shape index (κ1) is 22.7. The smallest absolute Gasteiger partial charge is 0.313 e. The fraction of sp³-hybridized carbons (Fsp3) is 0.192. The lowest BCUT2D eigenvalue weighted by molar-refractivity contribution is -0.136. The van der Waals surface area contributed by atoms with Crippen LogP contribution >= 0.6 is 0 Å². The molecule has 6 heteroatoms. The van der Waals surface area contributed by atoms with Crippen molar-refractivity contribution in [2.75, 3.05) is 18.4 Å². The molecular weight excluding hydrogens is 402 g/mol. The van der Waals surface area contributed by atoms with Gasteiger partial charge < -0.3 is 16.0 Å². The van der Waals surface area contributed by atoms with Gasteiger partial charge in [-0.1, -0.05) is 72.8 Å². The molecular formula is C26H27N3O3. The van der Waals surface area contributed by atoms with E-state index in [2.05, 4.69) is 16.0 Å². The summed E-state index contributed by atoms with van der Waals surface area (Å²) in [7, 11) is 0. The standard InChI is InChI=1S/C26H27N3O3/c30-24(28-19-17-21-12-5-2-6-13-21)22-15-7-8-16-23(22)29-26(32)25(31)27-18-9-14-20-10-3-1-4-11-20/h1-8,10-13,15-16H,9,14,17-19H2,(H,27,31)(H,28,30)(H,29,32). The highest BCUT2D eigenvalue weighted by Crippen LogP contribution is 2.15. The first-order chi connectivity index (χ1) is 15.6. The minimum atomic E-state index is -0.797. The van der Waals surface area contributed by atoms with Gasteiger partial charge in [0.15, 0.2) is 0 Å². The predicted molar refractivity (Wildman–Crippen MR) is 125 cm³/mol. The Labute approximate surface area is 188 Å². The molecule has 0 saturated heterocycles. The number of hydrogen-bond acceptors (Lipinski definition) is 3. The number of carbonyl (C=O) groups excluding carboxylic acids is 3. The number of hydrogen-bond donors (Lipinski definition) is 3. The Morgan fingerprint density at radius 3 is 1.88 bits per heavy atom. The number of nitrogens with one attached hydrogen (secondary N) is 3. The Morgan fingerprint density at radius 2 is 1.19 bits per heavy atom. The van der Waals surface area contributed by atoms with Crippen LogP contribution in [-0.2, 0) is 22.4 Å². The van der Waals surface area contributed by atoms with Crippen molar-refractivity contribution in [2.45, 2.75) is 19.3 Å². The van der Waals surface area contributed by atoms with Gasteiger partial charge in [-0.05, 0) is 42.5 Å². The first-order valence-electron chi connectivity index (χ1n) is 10.7. The summed E-state index contributed by atoms with van der Waals surface area (Å²) >= 11 is 0. The highest BCUT2D eigenvalue weighted by atomic mass is 16.2. The fourth-order valence-electron chi connectivity index (χ4n) is 3.25. The topological polar surface area (TPSA) is 87.3 Å². The van der Waals surface area contributed by atoms with E-state index in [0.717, 1.165) is 18.4 Å². The van der Waals surface area contributed by atoms with Gasteiger partial charge in [0.1, 0.15) is 0 Å². The van der Waals surface area contributed by atoms with Gasteiger partial charge in [-0.25, -0.2) is 0 Å². The Kier molecular flexibility index (Phi) is 8.57. The van der Waals surface area contributed by atoms with Crippen LogP contribution in [0.15, 0.2) is 84.9 Å². The molecule has 0 aromatic heterocycles. The second-order valence-electron chi connectivity index (χ2n) is 7.34. The van der Waals surface area contributed by atoms with E-state index in [9.17, 15) is 14.4 Å². The number of rotatable bonds is 9. The van der Waals surface area contributed by atoms with Crippen molar-refractivity contribution in [3.63, 3.8) is 0 Å². The maximum absolute atomic E-state index is 12.6. The van der Waals surface area contributed by atoms with Gasteiger partial charge in [0.25, 0.3) is 5.91 Å². The van der Waals surface area contributed by atoms with E-state index in [1.54, 1.807) is 24.3 Å². The molecule has 0 aliphatic heterocycles. The van der Waals surface area contributed by atoms with Crippen LogP contribution in [0.25, 0.3) is 0 Å². The second-order valence-corrected chi connectivity index (χ2v) is 7.34. The SMILES string of the molecule is O=C(NCCCc1ccccc1)C(=O)Nc1ccccc1C(=O)NCCc1ccccc1. The monoisotopic (exact) mass is 429 g/mol. The van der Waals surface area contributed by atoms with Gasteiger partial charge in [0, 0.05) is 13.1 Å². The van der Waals surface area contributed by atoms with Crippen molar-refractivity contribution in [2.24, 2.45) is 0 Å². The molecule has 0 saturated carbocycles. The number of para-hydroxylation sites is 1. The summed E-state index contributed by atoms with van der Waals surface area (Å²) < 4.78 is 0. The van der Waals surface area contributed by atoms with Crippen LogP contribution in [-0.4, -0.2) is 30.8 Å². The molecule has 0 radical (unpaired) electrons. The maximum atomic E-state index is 12.6. The third-order valence-electron chi connectivity index (χ3n) is 4.94. The van der Waals surface area contributed by atoms with Gasteiger partial charge >= 0.3 is 11.8 Å². The van der Waals surface area contributed by atoms with E-state index in [1.807, 2.05) is 60.7 Å². The minimum Gasteiger partial charge on any atom is -0.352 e. The lowest BCUT2D eigenvalue weighted by Gasteiger charge is -2.11. The summed E-state index contributed by atoms with van der Waals surface area (Å²) in [5.41, 5.74) is 2.91. The first-order valence-corrected chi connectivity index (χ1v) is 10.7. The molecule has 0 heterocycles. The van der Waals surface area contributed by atoms with Crippen molar-refractivity contribution in [3.8, 4) is 0 Å². The molecule has 6 nitrogen and oxygen atoms in total. The van der Waals surface area contributed by atoms with Crippen molar-refractivity contribution in [3.05, 3.63) is 102 Å². The van der Waals surface area contributed by atoms with Crippen LogP contribution in [0.5, 0.6) is 0 Å². The van der Waals surface area contributed by atoms with E-state index in [-0.39, 0.29) is 5.91 Å². The number of benzene rings is 3. The Bertz CT molecular complexity index is 1040. The summed E-state index contributed by atoms with van der Waals surface area (Å²) in [5.74, 6) is -1.83. The zero-order valence-corrected chi connectivity index (χ0v) is 17.8. The molecule has 0 unspecified atom stereocenters. The van der Waals surface area contributed by atoms with Crippen molar-refractivity contribution >= 4 is 23.4 Å². The van der Waals surface area contributed by atoms with E-state index < -0.39 is 11.8 Å². The van der Waals surface area contributed by atoms with Crippen LogP contribution in [0.2, 0.25) is 0 Å². The summed E-state index contributed by atoms with van der Waals surface area (Å²) in [6.45, 7) is 0.857. The normalized spacial score (nSPS) is 10.2. The highest BCUT2D eigenvalue weighted by Gasteiger charge is 2.17. The number of anilines is 1. The largest absolute Gasteiger partial charge is 0.352 e. The molecule has 164 valence electrons. The van der Waals surface area contributed by atoms with E-state index in [1.165, 1.54) is 5.56 Å². The predicted octanol–water partition coefficient (Wildman–Crippen LogP) is 3.35. The molecule has 3 amide bonds. The van der Waals surface area contributed by atoms with Crippen LogP contribution in [0, 0.1) is 0 Å². The zero-order chi connectivity index (χ0) is 22.6. The molecule has 32 heavy (non-hydrogen) atoms. The molecule has 0 aliphatic carbocycles. The van der Waals surface area contributed by atoms with E-state index in [0.29, 0.717) is 30.8 Å². The fourth-order valence-corrected chi connectivity index (χ4v) is 3.25. The lowest BCUT2D eigenvalue weighted by atomic mass is 10.1. The molecule has 0 aliphatic rings. The van der Waals surface area contributed by atoms with Gasteiger partial charge in [-0.2, -0.15) is 0 Å². The van der Waals surface area contributed by atoms with E-state index >= 15 is 0 Å². The van der Waals surface area contributed by atoms with Crippen LogP contribution in [0.1, 0.15) is 27.9 Å². The molecule has 3 rings (SSSR count). The van der Waals surface area contributed by atoms with Gasteiger partial charge in [0.2, 0.25) is 0 Å². The zero-order valence-electron chi connectivity index (χ0n) is 17.8.